The number of epoxide rings is 1. The topological polar surface area (TPSA) is 72.7 Å². The summed E-state index contributed by atoms with van der Waals surface area (Å²) >= 11 is 0. The van der Waals surface area contributed by atoms with Crippen LogP contribution in [0.25, 0.3) is 0 Å². The van der Waals surface area contributed by atoms with E-state index in [1.807, 2.05) is 0 Å². The fraction of sp³-hybridized carbons (Fsp3) is 0.833. The number of Topliss-reactive ketones (excluding diaryl/α,β-unsaturated/α-hetero) is 1. The van der Waals surface area contributed by atoms with E-state index in [2.05, 4.69) is 0 Å². The van der Waals surface area contributed by atoms with Crippen molar-refractivity contribution in [3.63, 3.8) is 0 Å². The van der Waals surface area contributed by atoms with Gasteiger partial charge in [-0.3, -0.25) is 14.9 Å². The van der Waals surface area contributed by atoms with Crippen molar-refractivity contribution < 1.29 is 14.5 Å². The molecule has 0 aromatic rings. The van der Waals surface area contributed by atoms with Crippen molar-refractivity contribution >= 4 is 5.78 Å². The maximum atomic E-state index is 10.6. The van der Waals surface area contributed by atoms with Gasteiger partial charge in [-0.1, -0.05) is 0 Å². The minimum atomic E-state index is -0.404. The Morgan fingerprint density at radius 2 is 2.36 bits per heavy atom. The van der Waals surface area contributed by atoms with Crippen LogP contribution in [0.4, 0.5) is 0 Å². The quantitative estimate of drug-likeness (QED) is 0.329. The number of ether oxygens (including phenoxy) is 1. The standard InChI is InChI=1S/C6H9NO4/c1-4(8)6-5(11-6)2-3-7(9)10/h5-6H,2-3H2,1H3/t5-,6-/m0/s1. The van der Waals surface area contributed by atoms with Crippen molar-refractivity contribution in [2.45, 2.75) is 25.6 Å². The molecule has 11 heavy (non-hydrogen) atoms. The molecule has 1 rings (SSSR count). The van der Waals surface area contributed by atoms with Gasteiger partial charge < -0.3 is 4.74 Å². The smallest absolute Gasteiger partial charge is 0.206 e. The second-order valence-corrected chi connectivity index (χ2v) is 2.55. The molecule has 0 amide bonds. The molecular formula is C6H9NO4. The molecule has 5 heteroatoms. The molecule has 0 aliphatic carbocycles. The van der Waals surface area contributed by atoms with E-state index < -0.39 is 4.92 Å². The third-order valence-corrected chi connectivity index (χ3v) is 1.58. The van der Waals surface area contributed by atoms with Crippen LogP contribution in [0.15, 0.2) is 0 Å². The second kappa shape index (κ2) is 2.96. The van der Waals surface area contributed by atoms with Gasteiger partial charge in [-0.2, -0.15) is 0 Å². The number of carbonyl (C=O) groups is 1. The first kappa shape index (κ1) is 8.13. The third-order valence-electron chi connectivity index (χ3n) is 1.58. The number of hydrogen-bond donors (Lipinski definition) is 0. The summed E-state index contributed by atoms with van der Waals surface area (Å²) in [6, 6.07) is 0. The van der Waals surface area contributed by atoms with E-state index in [4.69, 9.17) is 4.74 Å². The van der Waals surface area contributed by atoms with E-state index >= 15 is 0 Å². The fourth-order valence-electron chi connectivity index (χ4n) is 0.953. The Hall–Kier alpha value is -0.970. The summed E-state index contributed by atoms with van der Waals surface area (Å²) in [4.78, 5) is 20.0. The maximum Gasteiger partial charge on any atom is 0.206 e. The van der Waals surface area contributed by atoms with Gasteiger partial charge in [0.15, 0.2) is 5.78 Å². The van der Waals surface area contributed by atoms with Crippen molar-refractivity contribution in [2.75, 3.05) is 6.54 Å². The number of nitrogens with zero attached hydrogens (tertiary/aromatic N) is 1. The monoisotopic (exact) mass is 159 g/mol. The van der Waals surface area contributed by atoms with Crippen molar-refractivity contribution in [3.8, 4) is 0 Å². The Bertz CT molecular complexity index is 191. The molecule has 2 atom stereocenters. The number of rotatable bonds is 4. The molecular weight excluding hydrogens is 150 g/mol. The highest BCUT2D eigenvalue weighted by atomic mass is 16.6. The van der Waals surface area contributed by atoms with Gasteiger partial charge in [-0.25, -0.2) is 0 Å². The average Bonchev–Trinajstić information content (AvgIpc) is 2.61. The molecule has 0 unspecified atom stereocenters. The predicted molar refractivity (Wildman–Crippen MR) is 35.8 cm³/mol. The molecule has 1 fully saturated rings. The Morgan fingerprint density at radius 3 is 2.73 bits per heavy atom. The molecule has 62 valence electrons. The first-order valence-corrected chi connectivity index (χ1v) is 3.39. The highest BCUT2D eigenvalue weighted by Crippen LogP contribution is 2.25. The van der Waals surface area contributed by atoms with Crippen LogP contribution in [0.1, 0.15) is 13.3 Å². The Labute approximate surface area is 63.5 Å². The van der Waals surface area contributed by atoms with E-state index in [0.717, 1.165) is 0 Å². The molecule has 1 aliphatic heterocycles. The minimum absolute atomic E-state index is 0.0432. The lowest BCUT2D eigenvalue weighted by atomic mass is 10.2. The third kappa shape index (κ3) is 2.27. The van der Waals surface area contributed by atoms with E-state index in [-0.39, 0.29) is 24.5 Å². The first-order chi connectivity index (χ1) is 5.11. The molecule has 0 saturated carbocycles. The van der Waals surface area contributed by atoms with Gasteiger partial charge in [0.05, 0.1) is 6.10 Å². The number of ketones is 1. The summed E-state index contributed by atoms with van der Waals surface area (Å²) < 4.78 is 4.87. The Morgan fingerprint density at radius 1 is 1.73 bits per heavy atom. The number of nitro groups is 1. The molecule has 0 spiro atoms. The second-order valence-electron chi connectivity index (χ2n) is 2.55. The lowest BCUT2D eigenvalue weighted by Gasteiger charge is -1.87. The Balaban J connectivity index is 2.14. The van der Waals surface area contributed by atoms with Gasteiger partial charge in [-0.05, 0) is 6.92 Å². The molecule has 0 N–H and O–H groups in total. The lowest BCUT2D eigenvalue weighted by Crippen LogP contribution is -2.09. The van der Waals surface area contributed by atoms with Crippen molar-refractivity contribution in [1.82, 2.24) is 0 Å². The fourth-order valence-corrected chi connectivity index (χ4v) is 0.953. The first-order valence-electron chi connectivity index (χ1n) is 3.39. The molecule has 5 nitrogen and oxygen atoms in total. The highest BCUT2D eigenvalue weighted by Gasteiger charge is 2.42. The van der Waals surface area contributed by atoms with Gasteiger partial charge >= 0.3 is 0 Å². The zero-order chi connectivity index (χ0) is 8.43. The lowest BCUT2D eigenvalue weighted by molar-refractivity contribution is -0.480. The van der Waals surface area contributed by atoms with Gasteiger partial charge in [-0.15, -0.1) is 0 Å². The van der Waals surface area contributed by atoms with Gasteiger partial charge in [0.2, 0.25) is 6.54 Å². The predicted octanol–water partition coefficient (Wildman–Crippen LogP) is 0.00960. The number of hydrogen-bond acceptors (Lipinski definition) is 4. The van der Waals surface area contributed by atoms with Gasteiger partial charge in [0.1, 0.15) is 6.10 Å². The van der Waals surface area contributed by atoms with Crippen LogP contribution < -0.4 is 0 Å². The summed E-state index contributed by atoms with van der Waals surface area (Å²) in [5.41, 5.74) is 0. The summed E-state index contributed by atoms with van der Waals surface area (Å²) in [5, 5.41) is 9.87. The van der Waals surface area contributed by atoms with Crippen molar-refractivity contribution in [2.24, 2.45) is 0 Å². The zero-order valence-corrected chi connectivity index (χ0v) is 6.15. The number of carbonyl (C=O) groups excluding carboxylic acids is 1. The molecule has 0 radical (unpaired) electrons. The zero-order valence-electron chi connectivity index (χ0n) is 6.15. The van der Waals surface area contributed by atoms with Crippen LogP contribution in [-0.2, 0) is 9.53 Å². The average molecular weight is 159 g/mol. The van der Waals surface area contributed by atoms with Crippen molar-refractivity contribution in [1.29, 1.82) is 0 Å². The molecule has 0 aromatic heterocycles. The summed E-state index contributed by atoms with van der Waals surface area (Å²) in [6.07, 6.45) is -0.218. The minimum Gasteiger partial charge on any atom is -0.361 e. The van der Waals surface area contributed by atoms with Gasteiger partial charge in [0, 0.05) is 11.3 Å². The normalized spacial score (nSPS) is 28.1. The van der Waals surface area contributed by atoms with Crippen LogP contribution in [0.5, 0.6) is 0 Å². The summed E-state index contributed by atoms with van der Waals surface area (Å²) in [7, 11) is 0. The van der Waals surface area contributed by atoms with Crippen LogP contribution >= 0.6 is 0 Å². The summed E-state index contributed by atoms with van der Waals surface area (Å²) in [5.74, 6) is -0.0432. The maximum absolute atomic E-state index is 10.6. The largest absolute Gasteiger partial charge is 0.361 e. The SMILES string of the molecule is CC(=O)[C@@H]1O[C@H]1CC[N+](=O)[O-]. The molecule has 0 bridgehead atoms. The van der Waals surface area contributed by atoms with E-state index in [0.29, 0.717) is 6.42 Å². The van der Waals surface area contributed by atoms with Crippen LogP contribution in [0.3, 0.4) is 0 Å². The van der Waals surface area contributed by atoms with Crippen molar-refractivity contribution in [3.05, 3.63) is 10.1 Å². The molecule has 1 aliphatic rings. The highest BCUT2D eigenvalue weighted by molar-refractivity contribution is 5.83. The molecule has 1 heterocycles. The summed E-state index contributed by atoms with van der Waals surface area (Å²) in [6.45, 7) is 1.31. The molecule has 0 aromatic carbocycles. The van der Waals surface area contributed by atoms with E-state index in [1.54, 1.807) is 0 Å². The van der Waals surface area contributed by atoms with Gasteiger partial charge in [0.25, 0.3) is 0 Å². The van der Waals surface area contributed by atoms with E-state index in [9.17, 15) is 14.9 Å². The van der Waals surface area contributed by atoms with Crippen LogP contribution in [0, 0.1) is 10.1 Å². The van der Waals surface area contributed by atoms with Crippen LogP contribution in [-0.4, -0.2) is 29.5 Å². The van der Waals surface area contributed by atoms with Crippen LogP contribution in [0.2, 0.25) is 0 Å². The Kier molecular flexibility index (Phi) is 2.19. The van der Waals surface area contributed by atoms with E-state index in [1.165, 1.54) is 6.92 Å². The molecule has 1 saturated heterocycles.